The number of aliphatic imine (C=N–C) groups is 1. The molecule has 1 aromatic carbocycles. The summed E-state index contributed by atoms with van der Waals surface area (Å²) in [6.07, 6.45) is 0.818. The van der Waals surface area contributed by atoms with Gasteiger partial charge >= 0.3 is 0 Å². The van der Waals surface area contributed by atoms with Gasteiger partial charge in [-0.05, 0) is 30.0 Å². The van der Waals surface area contributed by atoms with Crippen LogP contribution in [0.4, 0.5) is 5.69 Å². The molecular formula is C21H32IN5O2. The summed E-state index contributed by atoms with van der Waals surface area (Å²) in [5, 5.41) is 13.5. The number of hydrogen-bond donors (Lipinski definition) is 3. The molecule has 0 aliphatic carbocycles. The maximum atomic E-state index is 12.1. The van der Waals surface area contributed by atoms with E-state index in [0.29, 0.717) is 25.0 Å². The quantitative estimate of drug-likeness (QED) is 0.279. The molecule has 1 aromatic heterocycles. The van der Waals surface area contributed by atoms with Crippen LogP contribution in [0.1, 0.15) is 57.1 Å². The van der Waals surface area contributed by atoms with Crippen LogP contribution in [-0.4, -0.2) is 24.1 Å². The highest BCUT2D eigenvalue weighted by Gasteiger charge is 2.11. The first-order valence-corrected chi connectivity index (χ1v) is 9.72. The predicted octanol–water partition coefficient (Wildman–Crippen LogP) is 4.27. The summed E-state index contributed by atoms with van der Waals surface area (Å²) in [7, 11) is 1.72. The minimum absolute atomic E-state index is 0. The lowest BCUT2D eigenvalue weighted by atomic mass is 10.1. The Morgan fingerprint density at radius 3 is 2.52 bits per heavy atom. The molecule has 160 valence electrons. The molecule has 1 atom stereocenters. The third-order valence-electron chi connectivity index (χ3n) is 4.54. The van der Waals surface area contributed by atoms with E-state index in [1.165, 1.54) is 0 Å². The molecule has 0 bridgehead atoms. The van der Waals surface area contributed by atoms with Gasteiger partial charge in [-0.2, -0.15) is 0 Å². The van der Waals surface area contributed by atoms with E-state index in [1.807, 2.05) is 44.2 Å². The lowest BCUT2D eigenvalue weighted by Gasteiger charge is -2.13. The predicted molar refractivity (Wildman–Crippen MR) is 128 cm³/mol. The summed E-state index contributed by atoms with van der Waals surface area (Å²) in [6, 6.07) is 9.75. The maximum Gasteiger partial charge on any atom is 0.227 e. The smallest absolute Gasteiger partial charge is 0.227 e. The van der Waals surface area contributed by atoms with Crippen molar-refractivity contribution in [1.82, 2.24) is 15.8 Å². The van der Waals surface area contributed by atoms with Crippen LogP contribution in [0.3, 0.4) is 0 Å². The molecule has 1 unspecified atom stereocenters. The van der Waals surface area contributed by atoms with Gasteiger partial charge in [0.1, 0.15) is 0 Å². The van der Waals surface area contributed by atoms with Crippen LogP contribution in [0, 0.1) is 5.92 Å². The molecule has 7 nitrogen and oxygen atoms in total. The number of rotatable bonds is 8. The van der Waals surface area contributed by atoms with Crippen molar-refractivity contribution in [3.05, 3.63) is 47.3 Å². The number of nitrogens with zero attached hydrogens (tertiary/aromatic N) is 2. The number of hydrogen-bond acceptors (Lipinski definition) is 4. The van der Waals surface area contributed by atoms with Gasteiger partial charge in [-0.25, -0.2) is 0 Å². The van der Waals surface area contributed by atoms with Crippen molar-refractivity contribution in [3.63, 3.8) is 0 Å². The number of halogens is 1. The van der Waals surface area contributed by atoms with Crippen molar-refractivity contribution in [3.8, 4) is 0 Å². The Balaban J connectivity index is 0.00000420. The molecule has 1 amide bonds. The molecular weight excluding hydrogens is 481 g/mol. The summed E-state index contributed by atoms with van der Waals surface area (Å²) in [4.78, 5) is 16.3. The van der Waals surface area contributed by atoms with Crippen LogP contribution in [0.15, 0.2) is 39.8 Å². The molecule has 0 aliphatic rings. The van der Waals surface area contributed by atoms with Crippen molar-refractivity contribution >= 4 is 41.5 Å². The zero-order chi connectivity index (χ0) is 20.5. The van der Waals surface area contributed by atoms with Crippen LogP contribution >= 0.6 is 24.0 Å². The monoisotopic (exact) mass is 513 g/mol. The molecule has 3 N–H and O–H groups in total. The van der Waals surface area contributed by atoms with Gasteiger partial charge in [-0.15, -0.1) is 24.0 Å². The van der Waals surface area contributed by atoms with Gasteiger partial charge in [-0.3, -0.25) is 9.79 Å². The highest BCUT2D eigenvalue weighted by atomic mass is 127. The van der Waals surface area contributed by atoms with Crippen LogP contribution in [-0.2, 0) is 17.9 Å². The van der Waals surface area contributed by atoms with Gasteiger partial charge in [0.15, 0.2) is 11.7 Å². The molecule has 8 heteroatoms. The highest BCUT2D eigenvalue weighted by molar-refractivity contribution is 14.0. The molecule has 0 saturated heterocycles. The number of anilines is 1. The molecule has 0 fully saturated rings. The third-order valence-corrected chi connectivity index (χ3v) is 4.54. The number of amides is 1. The average Bonchev–Trinajstić information content (AvgIpc) is 3.17. The number of carbonyl (C=O) groups excluding carboxylic acids is 1. The Labute approximate surface area is 190 Å². The molecule has 29 heavy (non-hydrogen) atoms. The topological polar surface area (TPSA) is 91.5 Å². The number of nitrogens with one attached hydrogen (secondary N) is 3. The Morgan fingerprint density at radius 1 is 1.17 bits per heavy atom. The average molecular weight is 513 g/mol. The zero-order valence-electron chi connectivity index (χ0n) is 17.8. The Morgan fingerprint density at radius 2 is 1.90 bits per heavy atom. The SMILES string of the molecule is CCC(C)C(=O)Nc1cccc(CNC(=NC)NCc2cc(C(C)C)no2)c1.I. The summed E-state index contributed by atoms with van der Waals surface area (Å²) < 4.78 is 5.33. The molecule has 0 saturated carbocycles. The minimum Gasteiger partial charge on any atom is -0.359 e. The van der Waals surface area contributed by atoms with E-state index in [1.54, 1.807) is 7.05 Å². The zero-order valence-corrected chi connectivity index (χ0v) is 20.1. The van der Waals surface area contributed by atoms with Gasteiger partial charge in [-0.1, -0.05) is 45.0 Å². The Kier molecular flexibility index (Phi) is 10.7. The van der Waals surface area contributed by atoms with Crippen molar-refractivity contribution in [1.29, 1.82) is 0 Å². The lowest BCUT2D eigenvalue weighted by Crippen LogP contribution is -2.36. The second kappa shape index (κ2) is 12.5. The summed E-state index contributed by atoms with van der Waals surface area (Å²) in [5.41, 5.74) is 2.79. The first kappa shape index (κ1) is 24.9. The summed E-state index contributed by atoms with van der Waals surface area (Å²) in [5.74, 6) is 1.80. The van der Waals surface area contributed by atoms with Crippen molar-refractivity contribution in [2.75, 3.05) is 12.4 Å². The molecule has 0 aliphatic heterocycles. The molecule has 1 heterocycles. The summed E-state index contributed by atoms with van der Waals surface area (Å²) >= 11 is 0. The van der Waals surface area contributed by atoms with Crippen molar-refractivity contribution in [2.24, 2.45) is 10.9 Å². The first-order chi connectivity index (χ1) is 13.4. The number of carbonyl (C=O) groups is 1. The molecule has 2 rings (SSSR count). The number of benzene rings is 1. The highest BCUT2D eigenvalue weighted by Crippen LogP contribution is 2.14. The number of aromatic nitrogens is 1. The fourth-order valence-electron chi connectivity index (χ4n) is 2.47. The minimum atomic E-state index is -0.00268. The van der Waals surface area contributed by atoms with Crippen molar-refractivity contribution < 1.29 is 9.32 Å². The van der Waals surface area contributed by atoms with Gasteiger partial charge in [0.25, 0.3) is 0 Å². The van der Waals surface area contributed by atoms with Gasteiger partial charge < -0.3 is 20.5 Å². The van der Waals surface area contributed by atoms with E-state index >= 15 is 0 Å². The van der Waals surface area contributed by atoms with E-state index < -0.39 is 0 Å². The summed E-state index contributed by atoms with van der Waals surface area (Å²) in [6.45, 7) is 9.18. The second-order valence-electron chi connectivity index (χ2n) is 7.15. The molecule has 0 radical (unpaired) electrons. The standard InChI is InChI=1S/C21H31N5O2.HI/c1-6-15(4)20(27)25-17-9-7-8-16(10-17)12-23-21(22-5)24-13-18-11-19(14(2)3)26-28-18;/h7-11,14-15H,6,12-13H2,1-5H3,(H,25,27)(H2,22,23,24);1H. The van der Waals surface area contributed by atoms with Crippen LogP contribution in [0.5, 0.6) is 0 Å². The van der Waals surface area contributed by atoms with Crippen LogP contribution < -0.4 is 16.0 Å². The Bertz CT molecular complexity index is 804. The third kappa shape index (κ3) is 8.04. The van der Waals surface area contributed by atoms with Crippen LogP contribution in [0.2, 0.25) is 0 Å². The van der Waals surface area contributed by atoms with E-state index in [9.17, 15) is 4.79 Å². The maximum absolute atomic E-state index is 12.1. The largest absolute Gasteiger partial charge is 0.359 e. The van der Waals surface area contributed by atoms with Gasteiger partial charge in [0, 0.05) is 31.3 Å². The fourth-order valence-corrected chi connectivity index (χ4v) is 2.47. The van der Waals surface area contributed by atoms with Crippen LogP contribution in [0.25, 0.3) is 0 Å². The van der Waals surface area contributed by atoms with E-state index in [2.05, 4.69) is 39.9 Å². The van der Waals surface area contributed by atoms with Gasteiger partial charge in [0.05, 0.1) is 12.2 Å². The van der Waals surface area contributed by atoms with Crippen molar-refractivity contribution in [2.45, 2.75) is 53.1 Å². The first-order valence-electron chi connectivity index (χ1n) is 9.72. The second-order valence-corrected chi connectivity index (χ2v) is 7.15. The van der Waals surface area contributed by atoms with E-state index in [-0.39, 0.29) is 35.8 Å². The Hall–Kier alpha value is -2.10. The lowest BCUT2D eigenvalue weighted by molar-refractivity contribution is -0.119. The molecule has 2 aromatic rings. The van der Waals surface area contributed by atoms with Gasteiger partial charge in [0.2, 0.25) is 5.91 Å². The fraction of sp³-hybridized carbons (Fsp3) is 0.476. The van der Waals surface area contributed by atoms with E-state index in [0.717, 1.165) is 29.1 Å². The van der Waals surface area contributed by atoms with E-state index in [4.69, 9.17) is 4.52 Å². The number of guanidine groups is 1. The normalized spacial score (nSPS) is 12.3. The molecule has 0 spiro atoms.